The second-order valence-corrected chi connectivity index (χ2v) is 2.63. The first-order valence-electron chi connectivity index (χ1n) is 3.67. The molecule has 0 saturated carbocycles. The topological polar surface area (TPSA) is 43.1 Å². The van der Waals surface area contributed by atoms with E-state index in [4.69, 9.17) is 0 Å². The summed E-state index contributed by atoms with van der Waals surface area (Å²) in [6.45, 7) is 1.79. The SMILES string of the molecule is Cc1ccc(F)c(/C=C/[N+](=O)[O-])c1. The van der Waals surface area contributed by atoms with Crippen molar-refractivity contribution >= 4 is 6.08 Å². The summed E-state index contributed by atoms with van der Waals surface area (Å²) in [5.41, 5.74) is 1.10. The fourth-order valence-electron chi connectivity index (χ4n) is 0.932. The monoisotopic (exact) mass is 181 g/mol. The first-order valence-corrected chi connectivity index (χ1v) is 3.67. The Labute approximate surface area is 74.7 Å². The van der Waals surface area contributed by atoms with Gasteiger partial charge in [-0.3, -0.25) is 10.1 Å². The first kappa shape index (κ1) is 9.38. The van der Waals surface area contributed by atoms with Crippen molar-refractivity contribution in [3.05, 3.63) is 51.5 Å². The number of nitro groups is 1. The molecule has 1 rings (SSSR count). The number of hydrogen-bond donors (Lipinski definition) is 0. The summed E-state index contributed by atoms with van der Waals surface area (Å²) in [7, 11) is 0. The molecule has 68 valence electrons. The summed E-state index contributed by atoms with van der Waals surface area (Å²) in [6, 6.07) is 4.45. The highest BCUT2D eigenvalue weighted by atomic mass is 19.1. The normalized spacial score (nSPS) is 10.6. The molecular formula is C9H8FNO2. The van der Waals surface area contributed by atoms with Gasteiger partial charge in [0.25, 0.3) is 0 Å². The molecule has 0 aliphatic rings. The summed E-state index contributed by atoms with van der Waals surface area (Å²) in [5, 5.41) is 9.97. The van der Waals surface area contributed by atoms with Gasteiger partial charge in [0, 0.05) is 11.6 Å². The molecule has 0 amide bonds. The molecule has 3 nitrogen and oxygen atoms in total. The van der Waals surface area contributed by atoms with Gasteiger partial charge in [0.15, 0.2) is 0 Å². The number of rotatable bonds is 2. The van der Waals surface area contributed by atoms with Gasteiger partial charge in [0.05, 0.1) is 4.92 Å². The van der Waals surface area contributed by atoms with E-state index in [2.05, 4.69) is 0 Å². The largest absolute Gasteiger partial charge is 0.259 e. The zero-order valence-electron chi connectivity index (χ0n) is 7.03. The number of nitrogens with zero attached hydrogens (tertiary/aromatic N) is 1. The lowest BCUT2D eigenvalue weighted by atomic mass is 10.1. The highest BCUT2D eigenvalue weighted by molar-refractivity contribution is 5.49. The van der Waals surface area contributed by atoms with E-state index in [0.29, 0.717) is 0 Å². The van der Waals surface area contributed by atoms with E-state index in [-0.39, 0.29) is 5.56 Å². The van der Waals surface area contributed by atoms with Crippen molar-refractivity contribution in [2.75, 3.05) is 0 Å². The predicted octanol–water partition coefficient (Wildman–Crippen LogP) is 2.38. The molecule has 13 heavy (non-hydrogen) atoms. The average Bonchev–Trinajstić information content (AvgIpc) is 2.06. The number of benzene rings is 1. The molecule has 0 atom stereocenters. The Hall–Kier alpha value is -1.71. The van der Waals surface area contributed by atoms with E-state index < -0.39 is 10.7 Å². The third kappa shape index (κ3) is 2.66. The van der Waals surface area contributed by atoms with E-state index >= 15 is 0 Å². The quantitative estimate of drug-likeness (QED) is 0.519. The van der Waals surface area contributed by atoms with E-state index in [1.54, 1.807) is 19.1 Å². The maximum atomic E-state index is 12.9. The average molecular weight is 181 g/mol. The van der Waals surface area contributed by atoms with Gasteiger partial charge in [-0.2, -0.15) is 0 Å². The summed E-state index contributed by atoms with van der Waals surface area (Å²) < 4.78 is 12.9. The smallest absolute Gasteiger partial charge is 0.235 e. The molecule has 1 aromatic carbocycles. The van der Waals surface area contributed by atoms with Crippen LogP contribution in [0.15, 0.2) is 24.4 Å². The van der Waals surface area contributed by atoms with E-state index in [1.807, 2.05) is 0 Å². The van der Waals surface area contributed by atoms with Gasteiger partial charge in [-0.05, 0) is 19.1 Å². The second-order valence-electron chi connectivity index (χ2n) is 2.63. The lowest BCUT2D eigenvalue weighted by Gasteiger charge is -1.96. The molecule has 0 saturated heterocycles. The van der Waals surface area contributed by atoms with Crippen molar-refractivity contribution in [1.29, 1.82) is 0 Å². The Kier molecular flexibility index (Phi) is 2.74. The fourth-order valence-corrected chi connectivity index (χ4v) is 0.932. The molecule has 4 heteroatoms. The zero-order chi connectivity index (χ0) is 9.84. The highest BCUT2D eigenvalue weighted by Crippen LogP contribution is 2.11. The minimum atomic E-state index is -0.623. The van der Waals surface area contributed by atoms with Crippen LogP contribution in [0.2, 0.25) is 0 Å². The Morgan fingerprint density at radius 3 is 2.85 bits per heavy atom. The summed E-state index contributed by atoms with van der Waals surface area (Å²) in [6.07, 6.45) is 1.86. The minimum absolute atomic E-state index is 0.233. The van der Waals surface area contributed by atoms with Crippen molar-refractivity contribution in [2.24, 2.45) is 0 Å². The van der Waals surface area contributed by atoms with Crippen LogP contribution in [0.5, 0.6) is 0 Å². The van der Waals surface area contributed by atoms with Crippen molar-refractivity contribution in [3.63, 3.8) is 0 Å². The minimum Gasteiger partial charge on any atom is -0.259 e. The molecule has 0 N–H and O–H groups in total. The molecule has 1 aromatic rings. The van der Waals surface area contributed by atoms with Crippen LogP contribution < -0.4 is 0 Å². The molecule has 0 aromatic heterocycles. The number of aryl methyl sites for hydroxylation is 1. The van der Waals surface area contributed by atoms with Gasteiger partial charge in [-0.1, -0.05) is 11.6 Å². The molecule has 0 aliphatic heterocycles. The van der Waals surface area contributed by atoms with Crippen LogP contribution in [0, 0.1) is 22.9 Å². The summed E-state index contributed by atoms with van der Waals surface area (Å²) in [5.74, 6) is -0.455. The highest BCUT2D eigenvalue weighted by Gasteiger charge is 1.99. The van der Waals surface area contributed by atoms with Gasteiger partial charge in [0.2, 0.25) is 6.20 Å². The van der Waals surface area contributed by atoms with Gasteiger partial charge in [0.1, 0.15) is 5.82 Å². The van der Waals surface area contributed by atoms with Crippen LogP contribution >= 0.6 is 0 Å². The van der Waals surface area contributed by atoms with E-state index in [0.717, 1.165) is 17.8 Å². The van der Waals surface area contributed by atoms with Gasteiger partial charge in [-0.15, -0.1) is 0 Å². The first-order chi connectivity index (χ1) is 6.09. The van der Waals surface area contributed by atoms with Crippen LogP contribution in [0.4, 0.5) is 4.39 Å². The van der Waals surface area contributed by atoms with Crippen molar-refractivity contribution in [1.82, 2.24) is 0 Å². The van der Waals surface area contributed by atoms with E-state index in [9.17, 15) is 14.5 Å². The van der Waals surface area contributed by atoms with Crippen LogP contribution in [-0.2, 0) is 0 Å². The molecule has 0 heterocycles. The lowest BCUT2D eigenvalue weighted by molar-refractivity contribution is -0.400. The number of halogens is 1. The molecule has 0 bridgehead atoms. The summed E-state index contributed by atoms with van der Waals surface area (Å²) in [4.78, 5) is 9.34. The second kappa shape index (κ2) is 3.80. The van der Waals surface area contributed by atoms with E-state index in [1.165, 1.54) is 6.07 Å². The van der Waals surface area contributed by atoms with Crippen molar-refractivity contribution in [3.8, 4) is 0 Å². The Balaban J connectivity index is 3.00. The van der Waals surface area contributed by atoms with Crippen molar-refractivity contribution < 1.29 is 9.31 Å². The lowest BCUT2D eigenvalue weighted by Crippen LogP contribution is -1.86. The molecule has 0 unspecified atom stereocenters. The fraction of sp³-hybridized carbons (Fsp3) is 0.111. The Morgan fingerprint density at radius 2 is 2.23 bits per heavy atom. The van der Waals surface area contributed by atoms with Crippen LogP contribution in [0.3, 0.4) is 0 Å². The van der Waals surface area contributed by atoms with Crippen LogP contribution in [0.1, 0.15) is 11.1 Å². The van der Waals surface area contributed by atoms with Gasteiger partial charge >= 0.3 is 0 Å². The Morgan fingerprint density at radius 1 is 1.54 bits per heavy atom. The molecule has 0 spiro atoms. The maximum Gasteiger partial charge on any atom is 0.235 e. The third-order valence-corrected chi connectivity index (χ3v) is 1.53. The van der Waals surface area contributed by atoms with Crippen molar-refractivity contribution in [2.45, 2.75) is 6.92 Å². The Bertz CT molecular complexity index is 361. The van der Waals surface area contributed by atoms with Crippen LogP contribution in [-0.4, -0.2) is 4.92 Å². The van der Waals surface area contributed by atoms with Gasteiger partial charge < -0.3 is 0 Å². The third-order valence-electron chi connectivity index (χ3n) is 1.53. The van der Waals surface area contributed by atoms with Crippen LogP contribution in [0.25, 0.3) is 6.08 Å². The standard InChI is InChI=1S/C9H8FNO2/c1-7-2-3-9(10)8(6-7)4-5-11(12)13/h2-6H,1H3/b5-4+. The zero-order valence-corrected chi connectivity index (χ0v) is 7.03. The molecule has 0 radical (unpaired) electrons. The number of hydrogen-bond acceptors (Lipinski definition) is 2. The van der Waals surface area contributed by atoms with Gasteiger partial charge in [-0.25, -0.2) is 4.39 Å². The molecular weight excluding hydrogens is 173 g/mol. The summed E-state index contributed by atoms with van der Waals surface area (Å²) >= 11 is 0. The maximum absolute atomic E-state index is 12.9. The predicted molar refractivity (Wildman–Crippen MR) is 47.2 cm³/mol. The molecule has 0 fully saturated rings. The molecule has 0 aliphatic carbocycles.